The number of sulfonamides is 1. The van der Waals surface area contributed by atoms with Crippen LogP contribution in [0.2, 0.25) is 5.02 Å². The van der Waals surface area contributed by atoms with Gasteiger partial charge in [-0.3, -0.25) is 13.9 Å². The van der Waals surface area contributed by atoms with E-state index in [0.29, 0.717) is 15.9 Å². The Kier molecular flexibility index (Phi) is 9.18. The first-order valence-corrected chi connectivity index (χ1v) is 12.8. The fraction of sp³-hybridized carbons (Fsp3) is 0.391. The van der Waals surface area contributed by atoms with Crippen LogP contribution in [0.15, 0.2) is 48.5 Å². The van der Waals surface area contributed by atoms with Gasteiger partial charge in [-0.05, 0) is 44.5 Å². The summed E-state index contributed by atoms with van der Waals surface area (Å²) in [5.74, 6) is -1.23. The second kappa shape index (κ2) is 11.3. The minimum atomic E-state index is -4.83. The van der Waals surface area contributed by atoms with Crippen molar-refractivity contribution >= 4 is 39.1 Å². The zero-order valence-corrected chi connectivity index (χ0v) is 21.2. The predicted molar refractivity (Wildman–Crippen MR) is 128 cm³/mol. The SMILES string of the molecule is CC(C)NC(=O)[C@H](C)N(Cc1ccccc1)C(=O)CN(c1ccc(Cl)c(C(F)(F)F)c1)S(C)(=O)=O. The molecule has 0 aliphatic carbocycles. The summed E-state index contributed by atoms with van der Waals surface area (Å²) in [4.78, 5) is 27.2. The van der Waals surface area contributed by atoms with Crippen molar-refractivity contribution in [1.82, 2.24) is 10.2 Å². The molecule has 0 heterocycles. The molecule has 7 nitrogen and oxygen atoms in total. The molecule has 2 aromatic carbocycles. The van der Waals surface area contributed by atoms with Crippen LogP contribution >= 0.6 is 11.6 Å². The topological polar surface area (TPSA) is 86.8 Å². The Bertz CT molecular complexity index is 1160. The lowest BCUT2D eigenvalue weighted by Crippen LogP contribution is -2.52. The van der Waals surface area contributed by atoms with Crippen molar-refractivity contribution in [2.45, 2.75) is 45.6 Å². The van der Waals surface area contributed by atoms with Crippen molar-refractivity contribution in [3.63, 3.8) is 0 Å². The summed E-state index contributed by atoms with van der Waals surface area (Å²) < 4.78 is 65.6. The molecule has 0 aromatic heterocycles. The third-order valence-electron chi connectivity index (χ3n) is 5.02. The molecular formula is C23H27ClF3N3O4S. The maximum Gasteiger partial charge on any atom is 0.417 e. The van der Waals surface area contributed by atoms with E-state index in [1.807, 2.05) is 0 Å². The van der Waals surface area contributed by atoms with Crippen molar-refractivity contribution in [2.24, 2.45) is 0 Å². The van der Waals surface area contributed by atoms with Crippen LogP contribution in [0.4, 0.5) is 18.9 Å². The number of hydrogen-bond acceptors (Lipinski definition) is 4. The Morgan fingerprint density at radius 1 is 1.06 bits per heavy atom. The lowest BCUT2D eigenvalue weighted by Gasteiger charge is -2.32. The smallest absolute Gasteiger partial charge is 0.352 e. The predicted octanol–water partition coefficient (Wildman–Crippen LogP) is 4.07. The zero-order chi connectivity index (χ0) is 26.6. The third-order valence-corrected chi connectivity index (χ3v) is 6.49. The quantitative estimate of drug-likeness (QED) is 0.526. The molecule has 0 aliphatic rings. The Morgan fingerprint density at radius 2 is 1.66 bits per heavy atom. The standard InChI is InChI=1S/C23H27ClF3N3O4S/c1-15(2)28-22(32)16(3)29(13-17-8-6-5-7-9-17)21(31)14-30(35(4,33)34)18-10-11-20(24)19(12-18)23(25,26)27/h5-12,15-16H,13-14H2,1-4H3,(H,28,32)/t16-/m0/s1. The fourth-order valence-electron chi connectivity index (χ4n) is 3.27. The average molecular weight is 534 g/mol. The molecule has 2 rings (SSSR count). The number of rotatable bonds is 9. The normalized spacial score (nSPS) is 12.8. The van der Waals surface area contributed by atoms with Crippen LogP contribution in [-0.4, -0.2) is 50.0 Å². The van der Waals surface area contributed by atoms with Crippen LogP contribution in [0.5, 0.6) is 0 Å². The van der Waals surface area contributed by atoms with E-state index in [1.54, 1.807) is 44.2 Å². The number of nitrogens with one attached hydrogen (secondary N) is 1. The summed E-state index contributed by atoms with van der Waals surface area (Å²) in [5, 5.41) is 2.10. The molecule has 0 aliphatic heterocycles. The Hall–Kier alpha value is -2.79. The molecule has 0 saturated carbocycles. The van der Waals surface area contributed by atoms with Crippen LogP contribution in [-0.2, 0) is 32.3 Å². The maximum atomic E-state index is 13.3. The van der Waals surface area contributed by atoms with Gasteiger partial charge in [-0.1, -0.05) is 41.9 Å². The van der Waals surface area contributed by atoms with Gasteiger partial charge in [-0.2, -0.15) is 13.2 Å². The number of benzene rings is 2. The lowest BCUT2D eigenvalue weighted by atomic mass is 10.1. The van der Waals surface area contributed by atoms with Crippen molar-refractivity contribution in [1.29, 1.82) is 0 Å². The van der Waals surface area contributed by atoms with E-state index in [2.05, 4.69) is 5.32 Å². The molecule has 2 aromatic rings. The number of carbonyl (C=O) groups excluding carboxylic acids is 2. The summed E-state index contributed by atoms with van der Waals surface area (Å²) in [7, 11) is -4.18. The lowest BCUT2D eigenvalue weighted by molar-refractivity contribution is -0.139. The van der Waals surface area contributed by atoms with Crippen molar-refractivity contribution < 1.29 is 31.2 Å². The van der Waals surface area contributed by atoms with E-state index in [4.69, 9.17) is 11.6 Å². The fourth-order valence-corrected chi connectivity index (χ4v) is 4.33. The minimum Gasteiger partial charge on any atom is -0.352 e. The summed E-state index contributed by atoms with van der Waals surface area (Å²) in [6.07, 6.45) is -4.05. The Balaban J connectivity index is 2.46. The van der Waals surface area contributed by atoms with Crippen LogP contribution in [0.1, 0.15) is 31.9 Å². The van der Waals surface area contributed by atoms with Crippen LogP contribution in [0.25, 0.3) is 0 Å². The molecular weight excluding hydrogens is 507 g/mol. The second-order valence-corrected chi connectivity index (χ2v) is 10.6. The van der Waals surface area contributed by atoms with Crippen LogP contribution < -0.4 is 9.62 Å². The summed E-state index contributed by atoms with van der Waals surface area (Å²) in [5.41, 5.74) is -0.929. The van der Waals surface area contributed by atoms with Gasteiger partial charge in [0, 0.05) is 12.6 Å². The highest BCUT2D eigenvalue weighted by Crippen LogP contribution is 2.37. The first-order valence-electron chi connectivity index (χ1n) is 10.6. The van der Waals surface area contributed by atoms with E-state index >= 15 is 0 Å². The molecule has 0 bridgehead atoms. The maximum absolute atomic E-state index is 13.3. The van der Waals surface area contributed by atoms with Crippen LogP contribution in [0, 0.1) is 0 Å². The molecule has 1 atom stereocenters. The number of alkyl halides is 3. The molecule has 0 unspecified atom stereocenters. The number of carbonyl (C=O) groups is 2. The monoisotopic (exact) mass is 533 g/mol. The Morgan fingerprint density at radius 3 is 2.17 bits per heavy atom. The van der Waals surface area contributed by atoms with Gasteiger partial charge in [0.1, 0.15) is 12.6 Å². The van der Waals surface area contributed by atoms with E-state index < -0.39 is 51.2 Å². The number of halogens is 4. The molecule has 0 fully saturated rings. The first kappa shape index (κ1) is 28.4. The molecule has 0 saturated heterocycles. The van der Waals surface area contributed by atoms with Gasteiger partial charge >= 0.3 is 6.18 Å². The second-order valence-electron chi connectivity index (χ2n) is 8.28. The van der Waals surface area contributed by atoms with Gasteiger partial charge < -0.3 is 10.2 Å². The van der Waals surface area contributed by atoms with E-state index in [1.165, 1.54) is 11.8 Å². The van der Waals surface area contributed by atoms with Gasteiger partial charge in [-0.15, -0.1) is 0 Å². The van der Waals surface area contributed by atoms with Gasteiger partial charge in [-0.25, -0.2) is 8.42 Å². The summed E-state index contributed by atoms with van der Waals surface area (Å²) in [6.45, 7) is 4.16. The highest BCUT2D eigenvalue weighted by atomic mass is 35.5. The molecule has 0 radical (unpaired) electrons. The molecule has 12 heteroatoms. The number of amides is 2. The zero-order valence-electron chi connectivity index (χ0n) is 19.6. The molecule has 2 amide bonds. The van der Waals surface area contributed by atoms with E-state index in [-0.39, 0.29) is 18.3 Å². The first-order chi connectivity index (χ1) is 16.1. The van der Waals surface area contributed by atoms with Gasteiger partial charge in [0.25, 0.3) is 0 Å². The van der Waals surface area contributed by atoms with Crippen molar-refractivity contribution in [2.75, 3.05) is 17.1 Å². The summed E-state index contributed by atoms with van der Waals surface area (Å²) >= 11 is 5.66. The van der Waals surface area contributed by atoms with E-state index in [9.17, 15) is 31.2 Å². The van der Waals surface area contributed by atoms with E-state index in [0.717, 1.165) is 18.4 Å². The number of nitrogens with zero attached hydrogens (tertiary/aromatic N) is 2. The van der Waals surface area contributed by atoms with Gasteiger partial charge in [0.05, 0.1) is 22.5 Å². The van der Waals surface area contributed by atoms with Crippen molar-refractivity contribution in [3.05, 3.63) is 64.7 Å². The molecule has 0 spiro atoms. The summed E-state index contributed by atoms with van der Waals surface area (Å²) in [6, 6.07) is 10.1. The molecule has 192 valence electrons. The van der Waals surface area contributed by atoms with Crippen LogP contribution in [0.3, 0.4) is 0 Å². The third kappa shape index (κ3) is 7.86. The average Bonchev–Trinajstić information content (AvgIpc) is 2.74. The highest BCUT2D eigenvalue weighted by Gasteiger charge is 2.35. The van der Waals surface area contributed by atoms with Gasteiger partial charge in [0.15, 0.2) is 0 Å². The highest BCUT2D eigenvalue weighted by molar-refractivity contribution is 7.92. The van der Waals surface area contributed by atoms with Crippen molar-refractivity contribution in [3.8, 4) is 0 Å². The van der Waals surface area contributed by atoms with Gasteiger partial charge in [0.2, 0.25) is 21.8 Å². The number of hydrogen-bond donors (Lipinski definition) is 1. The number of anilines is 1. The molecule has 1 N–H and O–H groups in total. The molecule has 35 heavy (non-hydrogen) atoms. The largest absolute Gasteiger partial charge is 0.417 e. The minimum absolute atomic E-state index is 0.0155. The Labute approximate surface area is 207 Å².